The maximum absolute atomic E-state index is 12.8. The highest BCUT2D eigenvalue weighted by Crippen LogP contribution is 2.37. The van der Waals surface area contributed by atoms with Crippen molar-refractivity contribution in [3.63, 3.8) is 0 Å². The summed E-state index contributed by atoms with van der Waals surface area (Å²) in [4.78, 5) is 49.9. The molecule has 1 aliphatic rings. The van der Waals surface area contributed by atoms with Gasteiger partial charge in [0.15, 0.2) is 6.61 Å². The Balaban J connectivity index is 1.69. The van der Waals surface area contributed by atoms with Crippen molar-refractivity contribution in [2.24, 2.45) is 0 Å². The van der Waals surface area contributed by atoms with Crippen molar-refractivity contribution in [2.45, 2.75) is 0 Å². The third kappa shape index (κ3) is 6.39. The number of esters is 1. The van der Waals surface area contributed by atoms with E-state index >= 15 is 0 Å². The highest BCUT2D eigenvalue weighted by atomic mass is 79.9. The fraction of sp³-hybridized carbons (Fsp3) is 0.182. The van der Waals surface area contributed by atoms with E-state index in [4.69, 9.17) is 9.47 Å². The molecule has 0 aliphatic carbocycles. The molecule has 1 N–H and O–H groups in total. The van der Waals surface area contributed by atoms with Crippen LogP contribution in [0, 0.1) is 0 Å². The van der Waals surface area contributed by atoms with Crippen LogP contribution in [0.15, 0.2) is 50.2 Å². The van der Waals surface area contributed by atoms with Crippen LogP contribution in [0.1, 0.15) is 5.56 Å². The number of imide groups is 1. The maximum atomic E-state index is 12.8. The molecular formula is C22H18Br2N2O7S. The molecule has 1 fully saturated rings. The van der Waals surface area contributed by atoms with Crippen molar-refractivity contribution in [2.75, 3.05) is 32.7 Å². The Morgan fingerprint density at radius 1 is 1.09 bits per heavy atom. The summed E-state index contributed by atoms with van der Waals surface area (Å²) < 4.78 is 16.1. The Kier molecular flexibility index (Phi) is 8.75. The lowest BCUT2D eigenvalue weighted by atomic mass is 10.2. The molecule has 0 bridgehead atoms. The lowest BCUT2D eigenvalue weighted by Gasteiger charge is -2.12. The van der Waals surface area contributed by atoms with Gasteiger partial charge in [0.05, 0.1) is 28.1 Å². The number of ether oxygens (including phenoxy) is 3. The van der Waals surface area contributed by atoms with Gasteiger partial charge in [-0.1, -0.05) is 0 Å². The summed E-state index contributed by atoms with van der Waals surface area (Å²) in [7, 11) is 2.79. The summed E-state index contributed by atoms with van der Waals surface area (Å²) >= 11 is 7.47. The molecule has 1 heterocycles. The Labute approximate surface area is 216 Å². The molecule has 0 radical (unpaired) electrons. The van der Waals surface area contributed by atoms with E-state index in [2.05, 4.69) is 41.9 Å². The van der Waals surface area contributed by atoms with Crippen LogP contribution in [-0.2, 0) is 19.1 Å². The van der Waals surface area contributed by atoms with Crippen LogP contribution in [-0.4, -0.2) is 55.3 Å². The molecule has 0 aromatic heterocycles. The zero-order chi connectivity index (χ0) is 24.8. The number of carbonyl (C=O) groups excluding carboxylic acids is 4. The fourth-order valence-electron chi connectivity index (χ4n) is 2.80. The summed E-state index contributed by atoms with van der Waals surface area (Å²) in [5.41, 5.74) is 1.11. The summed E-state index contributed by atoms with van der Waals surface area (Å²) in [6, 6.07) is 10.0. The summed E-state index contributed by atoms with van der Waals surface area (Å²) in [6.45, 7) is -0.688. The number of benzene rings is 2. The largest absolute Gasteiger partial charge is 0.497 e. The normalized spacial score (nSPS) is 14.4. The molecule has 3 amide bonds. The van der Waals surface area contributed by atoms with Crippen LogP contribution in [0.5, 0.6) is 11.5 Å². The first-order valence-electron chi connectivity index (χ1n) is 9.59. The first-order chi connectivity index (χ1) is 16.2. The average Bonchev–Trinajstić information content (AvgIpc) is 3.06. The molecule has 2 aromatic rings. The number of methoxy groups -OCH3 is 2. The predicted molar refractivity (Wildman–Crippen MR) is 134 cm³/mol. The van der Waals surface area contributed by atoms with Gasteiger partial charge in [0.25, 0.3) is 11.1 Å². The first kappa shape index (κ1) is 25.8. The van der Waals surface area contributed by atoms with E-state index in [1.165, 1.54) is 20.3 Å². The van der Waals surface area contributed by atoms with Gasteiger partial charge in [-0.3, -0.25) is 19.3 Å². The number of thioether (sulfide) groups is 1. The van der Waals surface area contributed by atoms with Crippen LogP contribution in [0.25, 0.3) is 6.08 Å². The second kappa shape index (κ2) is 11.5. The van der Waals surface area contributed by atoms with Crippen molar-refractivity contribution in [1.82, 2.24) is 4.90 Å². The minimum absolute atomic E-state index is 0.171. The molecule has 1 aliphatic heterocycles. The molecule has 9 nitrogen and oxygen atoms in total. The number of nitrogens with zero attached hydrogens (tertiary/aromatic N) is 1. The number of nitrogens with one attached hydrogen (secondary N) is 1. The Morgan fingerprint density at radius 2 is 1.74 bits per heavy atom. The smallest absolute Gasteiger partial charge is 0.343 e. The zero-order valence-electron chi connectivity index (χ0n) is 17.9. The molecule has 0 atom stereocenters. The molecule has 0 unspecified atom stereocenters. The van der Waals surface area contributed by atoms with E-state index < -0.39 is 29.6 Å². The second-order valence-electron chi connectivity index (χ2n) is 6.72. The number of halogens is 2. The van der Waals surface area contributed by atoms with E-state index in [1.807, 2.05) is 0 Å². The highest BCUT2D eigenvalue weighted by molar-refractivity contribution is 9.11. The molecule has 34 heavy (non-hydrogen) atoms. The molecule has 12 heteroatoms. The third-order valence-corrected chi connectivity index (χ3v) is 6.51. The summed E-state index contributed by atoms with van der Waals surface area (Å²) in [5, 5.41) is 2.10. The number of anilines is 1. The second-order valence-corrected chi connectivity index (χ2v) is 9.42. The summed E-state index contributed by atoms with van der Waals surface area (Å²) in [6.07, 6.45) is 1.53. The van der Waals surface area contributed by atoms with Gasteiger partial charge in [0.1, 0.15) is 18.0 Å². The van der Waals surface area contributed by atoms with Gasteiger partial charge >= 0.3 is 5.97 Å². The fourth-order valence-corrected chi connectivity index (χ4v) is 5.09. The van der Waals surface area contributed by atoms with Crippen molar-refractivity contribution < 1.29 is 33.4 Å². The highest BCUT2D eigenvalue weighted by Gasteiger charge is 2.36. The lowest BCUT2D eigenvalue weighted by Crippen LogP contribution is -2.36. The molecule has 0 saturated carbocycles. The van der Waals surface area contributed by atoms with E-state index in [1.54, 1.807) is 36.4 Å². The van der Waals surface area contributed by atoms with E-state index in [9.17, 15) is 19.2 Å². The Morgan fingerprint density at radius 3 is 2.32 bits per heavy atom. The molecule has 0 spiro atoms. The van der Waals surface area contributed by atoms with Crippen LogP contribution in [0.4, 0.5) is 10.5 Å². The summed E-state index contributed by atoms with van der Waals surface area (Å²) in [5.74, 6) is -0.599. The number of hydrogen-bond donors (Lipinski definition) is 1. The number of rotatable bonds is 8. The quantitative estimate of drug-likeness (QED) is 0.343. The standard InChI is InChI=1S/C22H18Br2N2O7S/c1-31-14-5-3-13(4-6-14)25-18(27)10-26-21(29)17(34-22(26)30)9-12-7-15(23)20(16(24)8-12)33-11-19(28)32-2/h3-9H,10-11H2,1-2H3,(H,25,27)/b17-9+. The first-order valence-corrected chi connectivity index (χ1v) is 12.0. The van der Waals surface area contributed by atoms with Crippen LogP contribution in [0.3, 0.4) is 0 Å². The number of carbonyl (C=O) groups is 4. The monoisotopic (exact) mass is 612 g/mol. The van der Waals surface area contributed by atoms with E-state index in [0.29, 0.717) is 31.7 Å². The number of hydrogen-bond acceptors (Lipinski definition) is 8. The Bertz CT molecular complexity index is 1150. The van der Waals surface area contributed by atoms with Crippen molar-refractivity contribution in [3.8, 4) is 11.5 Å². The van der Waals surface area contributed by atoms with Gasteiger partial charge in [0, 0.05) is 5.69 Å². The van der Waals surface area contributed by atoms with Gasteiger partial charge in [-0.15, -0.1) is 0 Å². The zero-order valence-corrected chi connectivity index (χ0v) is 21.9. The third-order valence-electron chi connectivity index (χ3n) is 4.43. The van der Waals surface area contributed by atoms with Gasteiger partial charge < -0.3 is 19.5 Å². The van der Waals surface area contributed by atoms with E-state index in [0.717, 1.165) is 16.7 Å². The van der Waals surface area contributed by atoms with Crippen molar-refractivity contribution in [1.29, 1.82) is 0 Å². The lowest BCUT2D eigenvalue weighted by molar-refractivity contribution is -0.143. The predicted octanol–water partition coefficient (Wildman–Crippen LogP) is 4.45. The maximum Gasteiger partial charge on any atom is 0.343 e. The van der Waals surface area contributed by atoms with Crippen molar-refractivity contribution in [3.05, 3.63) is 55.8 Å². The molecular weight excluding hydrogens is 596 g/mol. The molecule has 1 saturated heterocycles. The SMILES string of the molecule is COC(=O)COc1c(Br)cc(/C=C2/SC(=O)N(CC(=O)Nc3ccc(OC)cc3)C2=O)cc1Br. The minimum atomic E-state index is -0.571. The van der Waals surface area contributed by atoms with Crippen molar-refractivity contribution >= 4 is 78.4 Å². The molecule has 2 aromatic carbocycles. The van der Waals surface area contributed by atoms with Crippen LogP contribution >= 0.6 is 43.6 Å². The van der Waals surface area contributed by atoms with Gasteiger partial charge in [0.2, 0.25) is 5.91 Å². The van der Waals surface area contributed by atoms with Gasteiger partial charge in [-0.05, 0) is 91.7 Å². The number of amides is 3. The van der Waals surface area contributed by atoms with Gasteiger partial charge in [-0.2, -0.15) is 0 Å². The van der Waals surface area contributed by atoms with Crippen LogP contribution < -0.4 is 14.8 Å². The average molecular weight is 614 g/mol. The topological polar surface area (TPSA) is 111 Å². The van der Waals surface area contributed by atoms with Gasteiger partial charge in [-0.25, -0.2) is 4.79 Å². The van der Waals surface area contributed by atoms with Crippen LogP contribution in [0.2, 0.25) is 0 Å². The minimum Gasteiger partial charge on any atom is -0.497 e. The Hall–Kier alpha value is -2.83. The van der Waals surface area contributed by atoms with E-state index in [-0.39, 0.29) is 11.5 Å². The molecule has 178 valence electrons. The molecule has 3 rings (SSSR count).